The first-order valence-electron chi connectivity index (χ1n) is 7.68. The second kappa shape index (κ2) is 7.29. The van der Waals surface area contributed by atoms with Crippen molar-refractivity contribution in [2.45, 2.75) is 6.67 Å². The van der Waals surface area contributed by atoms with Crippen LogP contribution in [-0.4, -0.2) is 50.1 Å². The number of benzene rings is 1. The Kier molecular flexibility index (Phi) is 5.14. The summed E-state index contributed by atoms with van der Waals surface area (Å²) >= 11 is 6.90. The Morgan fingerprint density at radius 2 is 2.00 bits per heavy atom. The average molecular weight is 353 g/mol. The highest BCUT2D eigenvalue weighted by atomic mass is 32.1. The molecule has 124 valence electrons. The first-order valence-corrected chi connectivity index (χ1v) is 8.90. The van der Waals surface area contributed by atoms with Crippen LogP contribution in [0.1, 0.15) is 0 Å². The van der Waals surface area contributed by atoms with Gasteiger partial charge in [-0.2, -0.15) is 4.68 Å². The molecule has 0 bridgehead atoms. The molecule has 2 N–H and O–H groups in total. The number of piperazine rings is 1. The van der Waals surface area contributed by atoms with Gasteiger partial charge in [-0.25, -0.2) is 0 Å². The van der Waals surface area contributed by atoms with Crippen molar-refractivity contribution in [3.05, 3.63) is 28.2 Å². The van der Waals surface area contributed by atoms with E-state index >= 15 is 0 Å². The Labute approximate surface area is 145 Å². The SMILES string of the molecule is CNc1nn(C[NH+]2CCN(c3ccc(OC)cc3)CC2)c(=S)s1. The maximum absolute atomic E-state index is 5.37. The molecule has 0 spiro atoms. The largest absolute Gasteiger partial charge is 0.497 e. The molecule has 2 aromatic rings. The number of aromatic nitrogens is 2. The lowest BCUT2D eigenvalue weighted by molar-refractivity contribution is -0.924. The Balaban J connectivity index is 1.57. The van der Waals surface area contributed by atoms with Crippen LogP contribution in [-0.2, 0) is 6.67 Å². The molecular formula is C15H22N5OS2+. The van der Waals surface area contributed by atoms with E-state index in [4.69, 9.17) is 17.0 Å². The number of quaternary nitrogens is 1. The van der Waals surface area contributed by atoms with Crippen molar-refractivity contribution in [3.63, 3.8) is 0 Å². The predicted octanol–water partition coefficient (Wildman–Crippen LogP) is 1.09. The summed E-state index contributed by atoms with van der Waals surface area (Å²) < 4.78 is 7.98. The van der Waals surface area contributed by atoms with E-state index in [0.717, 1.165) is 47.7 Å². The number of hydrogen-bond donors (Lipinski definition) is 2. The fraction of sp³-hybridized carbons (Fsp3) is 0.467. The van der Waals surface area contributed by atoms with Crippen LogP contribution in [0.15, 0.2) is 24.3 Å². The van der Waals surface area contributed by atoms with Crippen LogP contribution >= 0.6 is 23.6 Å². The Bertz CT molecular complexity index is 689. The van der Waals surface area contributed by atoms with Gasteiger partial charge in [0.05, 0.1) is 33.3 Å². The third kappa shape index (κ3) is 3.82. The minimum Gasteiger partial charge on any atom is -0.497 e. The summed E-state index contributed by atoms with van der Waals surface area (Å²) in [7, 11) is 3.57. The normalized spacial score (nSPS) is 15.7. The van der Waals surface area contributed by atoms with Crippen molar-refractivity contribution in [2.75, 3.05) is 50.6 Å². The summed E-state index contributed by atoms with van der Waals surface area (Å²) in [4.78, 5) is 3.93. The molecule has 2 heterocycles. The highest BCUT2D eigenvalue weighted by Gasteiger charge is 2.21. The zero-order valence-electron chi connectivity index (χ0n) is 13.4. The number of rotatable bonds is 5. The monoisotopic (exact) mass is 352 g/mol. The summed E-state index contributed by atoms with van der Waals surface area (Å²) in [6.07, 6.45) is 0. The molecule has 0 radical (unpaired) electrons. The van der Waals surface area contributed by atoms with Crippen LogP contribution < -0.4 is 19.9 Å². The highest BCUT2D eigenvalue weighted by molar-refractivity contribution is 7.73. The molecular weight excluding hydrogens is 330 g/mol. The van der Waals surface area contributed by atoms with Crippen LogP contribution in [0.2, 0.25) is 0 Å². The first-order chi connectivity index (χ1) is 11.2. The summed E-state index contributed by atoms with van der Waals surface area (Å²) in [5.74, 6) is 0.899. The molecule has 0 amide bonds. The van der Waals surface area contributed by atoms with Crippen molar-refractivity contribution in [2.24, 2.45) is 0 Å². The van der Waals surface area contributed by atoms with E-state index in [0.29, 0.717) is 0 Å². The van der Waals surface area contributed by atoms with E-state index in [1.165, 1.54) is 21.9 Å². The smallest absolute Gasteiger partial charge is 0.204 e. The molecule has 0 saturated carbocycles. The molecule has 1 aliphatic heterocycles. The maximum Gasteiger partial charge on any atom is 0.204 e. The second-order valence-corrected chi connectivity index (χ2v) is 7.14. The van der Waals surface area contributed by atoms with E-state index in [1.807, 2.05) is 23.9 Å². The van der Waals surface area contributed by atoms with E-state index in [9.17, 15) is 0 Å². The van der Waals surface area contributed by atoms with Gasteiger partial charge in [-0.3, -0.25) is 0 Å². The summed E-state index contributed by atoms with van der Waals surface area (Å²) in [6, 6.07) is 8.28. The summed E-state index contributed by atoms with van der Waals surface area (Å²) in [5.41, 5.74) is 1.26. The molecule has 1 fully saturated rings. The fourth-order valence-corrected chi connectivity index (χ4v) is 3.71. The lowest BCUT2D eigenvalue weighted by Crippen LogP contribution is -3.14. The number of anilines is 2. The van der Waals surface area contributed by atoms with Gasteiger partial charge in [0.15, 0.2) is 10.6 Å². The minimum absolute atomic E-state index is 0.833. The number of hydrogen-bond acceptors (Lipinski definition) is 6. The topological polar surface area (TPSA) is 46.8 Å². The highest BCUT2D eigenvalue weighted by Crippen LogP contribution is 2.19. The van der Waals surface area contributed by atoms with Crippen LogP contribution in [0.3, 0.4) is 0 Å². The molecule has 1 aliphatic rings. The Morgan fingerprint density at radius 3 is 2.57 bits per heavy atom. The fourth-order valence-electron chi connectivity index (χ4n) is 2.75. The van der Waals surface area contributed by atoms with E-state index < -0.39 is 0 Å². The van der Waals surface area contributed by atoms with Crippen LogP contribution in [0.25, 0.3) is 0 Å². The predicted molar refractivity (Wildman–Crippen MR) is 96.4 cm³/mol. The summed E-state index contributed by atoms with van der Waals surface area (Å²) in [5, 5.41) is 8.43. The molecule has 6 nitrogen and oxygen atoms in total. The van der Waals surface area contributed by atoms with Crippen molar-refractivity contribution < 1.29 is 9.64 Å². The number of ether oxygens (including phenoxy) is 1. The van der Waals surface area contributed by atoms with Gasteiger partial charge in [0, 0.05) is 12.7 Å². The molecule has 23 heavy (non-hydrogen) atoms. The van der Waals surface area contributed by atoms with Crippen molar-refractivity contribution >= 4 is 34.4 Å². The van der Waals surface area contributed by atoms with Gasteiger partial charge in [0.1, 0.15) is 5.75 Å². The molecule has 0 aliphatic carbocycles. The third-order valence-corrected chi connectivity index (χ3v) is 5.43. The standard InChI is InChI=1S/C15H21N5OS2/c1-16-14-17-20(15(22)23-14)11-18-7-9-19(10-8-18)12-3-5-13(21-2)6-4-12/h3-6H,7-11H2,1-2H3,(H,16,17)/p+1. The molecule has 1 aromatic heterocycles. The average Bonchev–Trinajstić information content (AvgIpc) is 2.96. The van der Waals surface area contributed by atoms with Crippen LogP contribution in [0.5, 0.6) is 5.75 Å². The van der Waals surface area contributed by atoms with Crippen molar-refractivity contribution in [1.82, 2.24) is 9.78 Å². The zero-order valence-corrected chi connectivity index (χ0v) is 15.0. The van der Waals surface area contributed by atoms with Gasteiger partial charge in [-0.05, 0) is 36.5 Å². The first kappa shape index (κ1) is 16.2. The number of nitrogens with zero attached hydrogens (tertiary/aromatic N) is 3. The van der Waals surface area contributed by atoms with Gasteiger partial charge < -0.3 is 19.9 Å². The summed E-state index contributed by atoms with van der Waals surface area (Å²) in [6.45, 7) is 5.09. The van der Waals surface area contributed by atoms with Crippen molar-refractivity contribution in [1.29, 1.82) is 0 Å². The molecule has 3 rings (SSSR count). The number of methoxy groups -OCH3 is 1. The maximum atomic E-state index is 5.37. The van der Waals surface area contributed by atoms with E-state index in [2.05, 4.69) is 27.4 Å². The number of nitrogens with one attached hydrogen (secondary N) is 2. The molecule has 0 atom stereocenters. The van der Waals surface area contributed by atoms with Gasteiger partial charge in [-0.1, -0.05) is 11.3 Å². The third-order valence-electron chi connectivity index (χ3n) is 4.10. The Morgan fingerprint density at radius 1 is 1.30 bits per heavy atom. The quantitative estimate of drug-likeness (QED) is 0.789. The van der Waals surface area contributed by atoms with Gasteiger partial charge in [-0.15, -0.1) is 5.10 Å². The van der Waals surface area contributed by atoms with E-state index in [-0.39, 0.29) is 0 Å². The molecule has 8 heteroatoms. The second-order valence-electron chi connectivity index (χ2n) is 5.52. The Hall–Kier alpha value is -1.64. The van der Waals surface area contributed by atoms with Crippen LogP contribution in [0, 0.1) is 3.95 Å². The van der Waals surface area contributed by atoms with E-state index in [1.54, 1.807) is 7.11 Å². The van der Waals surface area contributed by atoms with Gasteiger partial charge >= 0.3 is 0 Å². The lowest BCUT2D eigenvalue weighted by atomic mass is 10.2. The molecule has 1 aromatic carbocycles. The lowest BCUT2D eigenvalue weighted by Gasteiger charge is -2.33. The minimum atomic E-state index is 0.833. The van der Waals surface area contributed by atoms with Crippen LogP contribution in [0.4, 0.5) is 10.8 Å². The van der Waals surface area contributed by atoms with Crippen molar-refractivity contribution in [3.8, 4) is 5.75 Å². The molecule has 0 unspecified atom stereocenters. The van der Waals surface area contributed by atoms with Gasteiger partial charge in [0.25, 0.3) is 0 Å². The van der Waals surface area contributed by atoms with Gasteiger partial charge in [0.2, 0.25) is 5.13 Å². The zero-order chi connectivity index (χ0) is 16.2. The molecule has 1 saturated heterocycles.